The van der Waals surface area contributed by atoms with Gasteiger partial charge in [-0.2, -0.15) is 0 Å². The Morgan fingerprint density at radius 3 is 0.688 bits per heavy atom. The lowest BCUT2D eigenvalue weighted by atomic mass is 10.0. The summed E-state index contributed by atoms with van der Waals surface area (Å²) in [5, 5.41) is 0. The minimum absolute atomic E-state index is 0.0644. The molecular formula is C74H140O6. The van der Waals surface area contributed by atoms with Crippen molar-refractivity contribution in [3.05, 3.63) is 24.3 Å². The van der Waals surface area contributed by atoms with Gasteiger partial charge in [-0.3, -0.25) is 14.4 Å². The summed E-state index contributed by atoms with van der Waals surface area (Å²) in [5.74, 6) is -0.840. The predicted octanol–water partition coefficient (Wildman–Crippen LogP) is 25.0. The summed E-state index contributed by atoms with van der Waals surface area (Å²) in [4.78, 5) is 38.2. The Labute approximate surface area is 500 Å². The molecule has 6 nitrogen and oxygen atoms in total. The molecule has 0 aromatic carbocycles. The lowest BCUT2D eigenvalue weighted by Crippen LogP contribution is -2.30. The Morgan fingerprint density at radius 1 is 0.250 bits per heavy atom. The molecule has 0 aliphatic carbocycles. The maximum atomic E-state index is 12.9. The van der Waals surface area contributed by atoms with Crippen molar-refractivity contribution in [3.63, 3.8) is 0 Å². The zero-order valence-electron chi connectivity index (χ0n) is 54.4. The van der Waals surface area contributed by atoms with Gasteiger partial charge >= 0.3 is 17.9 Å². The van der Waals surface area contributed by atoms with Gasteiger partial charge in [-0.15, -0.1) is 0 Å². The van der Waals surface area contributed by atoms with Crippen LogP contribution in [0.2, 0.25) is 0 Å². The van der Waals surface area contributed by atoms with E-state index >= 15 is 0 Å². The van der Waals surface area contributed by atoms with Gasteiger partial charge in [-0.05, 0) is 51.4 Å². The average Bonchev–Trinajstić information content (AvgIpc) is 3.46. The highest BCUT2D eigenvalue weighted by Crippen LogP contribution is 2.19. The van der Waals surface area contributed by atoms with Gasteiger partial charge in [0, 0.05) is 19.3 Å². The molecule has 0 amide bonds. The van der Waals surface area contributed by atoms with Crippen LogP contribution in [0.1, 0.15) is 412 Å². The van der Waals surface area contributed by atoms with Gasteiger partial charge in [-0.1, -0.05) is 366 Å². The van der Waals surface area contributed by atoms with Crippen molar-refractivity contribution in [2.75, 3.05) is 13.2 Å². The second-order valence-electron chi connectivity index (χ2n) is 24.9. The molecule has 472 valence electrons. The number of carbonyl (C=O) groups is 3. The van der Waals surface area contributed by atoms with Crippen LogP contribution in [0.5, 0.6) is 0 Å². The summed E-state index contributed by atoms with van der Waals surface area (Å²) in [6.07, 6.45) is 85.4. The summed E-state index contributed by atoms with van der Waals surface area (Å²) < 4.78 is 16.9. The molecule has 0 N–H and O–H groups in total. The molecule has 0 aliphatic rings. The van der Waals surface area contributed by atoms with Gasteiger partial charge in [0.2, 0.25) is 0 Å². The molecule has 0 aromatic rings. The SMILES string of the molecule is CCCCCCC/C=C\C/C=C\CCCCCCCCCCCCCCCCCCCC(=O)OCC(COC(=O)CCCCCCCCC)OC(=O)CCCCCCCCCCCCCCCCCCCCCCCCCCCC. The fourth-order valence-corrected chi connectivity index (χ4v) is 11.2. The topological polar surface area (TPSA) is 78.9 Å². The van der Waals surface area contributed by atoms with Crippen LogP contribution in [0.4, 0.5) is 0 Å². The molecule has 0 aliphatic heterocycles. The molecule has 1 unspecified atom stereocenters. The summed E-state index contributed by atoms with van der Waals surface area (Å²) in [6, 6.07) is 0. The van der Waals surface area contributed by atoms with Crippen LogP contribution in [0.3, 0.4) is 0 Å². The number of ether oxygens (including phenoxy) is 3. The molecule has 6 heteroatoms. The maximum absolute atomic E-state index is 12.9. The van der Waals surface area contributed by atoms with Gasteiger partial charge in [0.25, 0.3) is 0 Å². The fraction of sp³-hybridized carbons (Fsp3) is 0.905. The zero-order valence-corrected chi connectivity index (χ0v) is 54.4. The van der Waals surface area contributed by atoms with E-state index in [0.717, 1.165) is 64.2 Å². The smallest absolute Gasteiger partial charge is 0.306 e. The van der Waals surface area contributed by atoms with Crippen molar-refractivity contribution >= 4 is 17.9 Å². The Hall–Kier alpha value is -2.11. The van der Waals surface area contributed by atoms with E-state index in [9.17, 15) is 14.4 Å². The van der Waals surface area contributed by atoms with E-state index in [-0.39, 0.29) is 31.1 Å². The summed E-state index contributed by atoms with van der Waals surface area (Å²) in [6.45, 7) is 6.67. The van der Waals surface area contributed by atoms with Crippen LogP contribution >= 0.6 is 0 Å². The predicted molar refractivity (Wildman–Crippen MR) is 349 cm³/mol. The number of hydrogen-bond donors (Lipinski definition) is 0. The molecule has 0 heterocycles. The maximum Gasteiger partial charge on any atom is 0.306 e. The van der Waals surface area contributed by atoms with E-state index in [1.54, 1.807) is 0 Å². The molecule has 0 bridgehead atoms. The van der Waals surface area contributed by atoms with E-state index in [1.807, 2.05) is 0 Å². The second kappa shape index (κ2) is 69.4. The van der Waals surface area contributed by atoms with Crippen molar-refractivity contribution in [2.45, 2.75) is 419 Å². The van der Waals surface area contributed by atoms with Gasteiger partial charge in [0.15, 0.2) is 6.10 Å². The molecule has 80 heavy (non-hydrogen) atoms. The van der Waals surface area contributed by atoms with E-state index in [2.05, 4.69) is 45.1 Å². The standard InChI is InChI=1S/C74H140O6/c1-4-7-10-13-16-18-20-22-24-26-28-30-32-34-36-37-38-40-41-43-45-47-49-51-53-55-58-61-64-67-73(76)79-70-71(69-78-72(75)66-63-60-57-15-12-9-6-3)80-74(77)68-65-62-59-56-54-52-50-48-46-44-42-39-35-33-31-29-27-25-23-21-19-17-14-11-8-5-2/h20,22,26,28,71H,4-19,21,23-25,27,29-70H2,1-3H3/b22-20-,28-26-. The summed E-state index contributed by atoms with van der Waals surface area (Å²) in [7, 11) is 0. The second-order valence-corrected chi connectivity index (χ2v) is 24.9. The molecule has 0 aromatic heterocycles. The van der Waals surface area contributed by atoms with Crippen LogP contribution < -0.4 is 0 Å². The minimum atomic E-state index is -0.765. The Kier molecular flexibility index (Phi) is 67.6. The number of esters is 3. The first-order valence-corrected chi connectivity index (χ1v) is 36.3. The van der Waals surface area contributed by atoms with Gasteiger partial charge in [0.1, 0.15) is 13.2 Å². The first-order chi connectivity index (χ1) is 39.5. The van der Waals surface area contributed by atoms with E-state index < -0.39 is 6.10 Å². The highest BCUT2D eigenvalue weighted by atomic mass is 16.6. The quantitative estimate of drug-likeness (QED) is 0.0261. The third kappa shape index (κ3) is 66.7. The van der Waals surface area contributed by atoms with Crippen LogP contribution in [-0.2, 0) is 28.6 Å². The normalized spacial score (nSPS) is 12.1. The van der Waals surface area contributed by atoms with Gasteiger partial charge in [-0.25, -0.2) is 0 Å². The molecule has 0 radical (unpaired) electrons. The number of hydrogen-bond acceptors (Lipinski definition) is 6. The average molecular weight is 1130 g/mol. The minimum Gasteiger partial charge on any atom is -0.462 e. The molecule has 0 saturated carbocycles. The summed E-state index contributed by atoms with van der Waals surface area (Å²) >= 11 is 0. The van der Waals surface area contributed by atoms with Crippen molar-refractivity contribution in [2.24, 2.45) is 0 Å². The van der Waals surface area contributed by atoms with Crippen LogP contribution in [0.15, 0.2) is 24.3 Å². The summed E-state index contributed by atoms with van der Waals surface area (Å²) in [5.41, 5.74) is 0. The van der Waals surface area contributed by atoms with Gasteiger partial charge in [0.05, 0.1) is 0 Å². The van der Waals surface area contributed by atoms with Crippen molar-refractivity contribution in [1.29, 1.82) is 0 Å². The van der Waals surface area contributed by atoms with Crippen LogP contribution in [0.25, 0.3) is 0 Å². The first-order valence-electron chi connectivity index (χ1n) is 36.3. The first kappa shape index (κ1) is 77.9. The van der Waals surface area contributed by atoms with E-state index in [1.165, 1.54) is 308 Å². The molecule has 1 atom stereocenters. The van der Waals surface area contributed by atoms with Crippen LogP contribution in [-0.4, -0.2) is 37.2 Å². The molecule has 0 rings (SSSR count). The number of rotatable bonds is 68. The van der Waals surface area contributed by atoms with Crippen molar-refractivity contribution in [1.82, 2.24) is 0 Å². The third-order valence-electron chi connectivity index (χ3n) is 16.7. The van der Waals surface area contributed by atoms with Crippen LogP contribution in [0, 0.1) is 0 Å². The van der Waals surface area contributed by atoms with Crippen molar-refractivity contribution in [3.8, 4) is 0 Å². The molecular weight excluding hydrogens is 985 g/mol. The number of unbranched alkanes of at least 4 members (excludes halogenated alkanes) is 53. The fourth-order valence-electron chi connectivity index (χ4n) is 11.2. The number of allylic oxidation sites excluding steroid dienone is 4. The highest BCUT2D eigenvalue weighted by molar-refractivity contribution is 5.71. The Bertz CT molecular complexity index is 1290. The van der Waals surface area contributed by atoms with Gasteiger partial charge < -0.3 is 14.2 Å². The van der Waals surface area contributed by atoms with E-state index in [0.29, 0.717) is 19.3 Å². The highest BCUT2D eigenvalue weighted by Gasteiger charge is 2.19. The largest absolute Gasteiger partial charge is 0.462 e. The molecule has 0 saturated heterocycles. The van der Waals surface area contributed by atoms with E-state index in [4.69, 9.17) is 14.2 Å². The Morgan fingerprint density at radius 2 is 0.450 bits per heavy atom. The number of carbonyl (C=O) groups excluding carboxylic acids is 3. The third-order valence-corrected chi connectivity index (χ3v) is 16.7. The molecule has 0 spiro atoms. The van der Waals surface area contributed by atoms with Crippen molar-refractivity contribution < 1.29 is 28.6 Å². The molecule has 0 fully saturated rings. The Balaban J connectivity index is 3.99. The zero-order chi connectivity index (χ0) is 57.8. The monoisotopic (exact) mass is 1130 g/mol. The lowest BCUT2D eigenvalue weighted by Gasteiger charge is -2.18. The lowest BCUT2D eigenvalue weighted by molar-refractivity contribution is -0.167.